The molecule has 1 aliphatic rings. The van der Waals surface area contributed by atoms with Crippen molar-refractivity contribution in [3.63, 3.8) is 0 Å². The molecule has 12 nitrogen and oxygen atoms in total. The maximum absolute atomic E-state index is 15.3. The van der Waals surface area contributed by atoms with E-state index < -0.39 is 71.6 Å². The molecule has 17 heteroatoms. The second-order valence-electron chi connectivity index (χ2n) is 10.0. The predicted octanol–water partition coefficient (Wildman–Crippen LogP) is 2.19. The van der Waals surface area contributed by atoms with Crippen molar-refractivity contribution >= 4 is 52.9 Å². The molecule has 6 unspecified atom stereocenters. The first-order chi connectivity index (χ1) is 17.9. The first-order valence-electron chi connectivity index (χ1n) is 11.9. The highest BCUT2D eigenvalue weighted by Crippen LogP contribution is 2.48. The lowest BCUT2D eigenvalue weighted by Gasteiger charge is -2.28. The number of hydrogen-bond donors (Lipinski definition) is 3. The molecule has 0 aliphatic carbocycles. The van der Waals surface area contributed by atoms with E-state index in [1.807, 2.05) is 4.98 Å². The number of alkyl halides is 2. The van der Waals surface area contributed by atoms with E-state index in [0.717, 1.165) is 24.0 Å². The van der Waals surface area contributed by atoms with E-state index in [0.29, 0.717) is 4.57 Å². The molecule has 0 amide bonds. The molecule has 0 saturated carbocycles. The van der Waals surface area contributed by atoms with Crippen molar-refractivity contribution in [2.45, 2.75) is 77.3 Å². The Morgan fingerprint density at radius 2 is 2.00 bits per heavy atom. The second-order valence-corrected chi connectivity index (χ2v) is 14.9. The van der Waals surface area contributed by atoms with Crippen LogP contribution in [-0.4, -0.2) is 74.2 Å². The summed E-state index contributed by atoms with van der Waals surface area (Å²) in [5.41, 5.74) is -2.28. The molecule has 2 heterocycles. The molecule has 3 N–H and O–H groups in total. The first-order valence-corrected chi connectivity index (χ1v) is 15.9. The number of esters is 1. The van der Waals surface area contributed by atoms with E-state index in [4.69, 9.17) is 41.9 Å². The summed E-state index contributed by atoms with van der Waals surface area (Å²) in [6, 6.07) is 0.00297. The summed E-state index contributed by atoms with van der Waals surface area (Å²) in [4.78, 5) is 50.0. The molecule has 0 spiro atoms. The van der Waals surface area contributed by atoms with Gasteiger partial charge in [0, 0.05) is 23.4 Å². The number of hydrogen-bond acceptors (Lipinski definition) is 11. The fraction of sp³-hybridized carbons (Fsp3) is 0.727. The van der Waals surface area contributed by atoms with Crippen LogP contribution in [0.5, 0.6) is 0 Å². The molecule has 0 aromatic carbocycles. The summed E-state index contributed by atoms with van der Waals surface area (Å²) in [5.74, 6) is -0.388. The Morgan fingerprint density at radius 1 is 1.36 bits per heavy atom. The number of carbonyl (C=O) groups is 2. The van der Waals surface area contributed by atoms with Gasteiger partial charge in [0.1, 0.15) is 18.2 Å². The maximum Gasteiger partial charge on any atom is 0.330 e. The third kappa shape index (κ3) is 9.44. The lowest BCUT2D eigenvalue weighted by Crippen LogP contribution is -2.42. The van der Waals surface area contributed by atoms with Gasteiger partial charge in [0.2, 0.25) is 0 Å². The van der Waals surface area contributed by atoms with Crippen LogP contribution in [0.1, 0.15) is 47.8 Å². The third-order valence-corrected chi connectivity index (χ3v) is 9.46. The summed E-state index contributed by atoms with van der Waals surface area (Å²) in [6.45, 7) is 6.09. The number of aliphatic hydroxyl groups excluding tert-OH is 1. The topological polar surface area (TPSA) is 158 Å². The molecule has 39 heavy (non-hydrogen) atoms. The smallest absolute Gasteiger partial charge is 0.330 e. The summed E-state index contributed by atoms with van der Waals surface area (Å²) in [5, 5.41) is 10.3. The molecule has 0 radical (unpaired) electrons. The quantitative estimate of drug-likeness (QED) is 0.134. The molecule has 1 saturated heterocycles. The van der Waals surface area contributed by atoms with Gasteiger partial charge in [-0.15, -0.1) is 0 Å². The van der Waals surface area contributed by atoms with E-state index in [9.17, 15) is 24.3 Å². The molecular formula is C22H34ClFN3O9PS2. The summed E-state index contributed by atoms with van der Waals surface area (Å²) >= 11 is 12.5. The van der Waals surface area contributed by atoms with Gasteiger partial charge >= 0.3 is 11.7 Å². The van der Waals surface area contributed by atoms with Gasteiger partial charge in [-0.2, -0.15) is 0 Å². The number of nitrogens with zero attached hydrogens (tertiary/aromatic N) is 1. The van der Waals surface area contributed by atoms with E-state index >= 15 is 4.39 Å². The van der Waals surface area contributed by atoms with Crippen LogP contribution in [0.2, 0.25) is 0 Å². The van der Waals surface area contributed by atoms with Crippen LogP contribution in [0, 0.1) is 5.41 Å². The Labute approximate surface area is 239 Å². The van der Waals surface area contributed by atoms with E-state index in [2.05, 4.69) is 5.09 Å². The van der Waals surface area contributed by atoms with Crippen molar-refractivity contribution in [1.82, 2.24) is 14.6 Å². The minimum absolute atomic E-state index is 0.0330. The van der Waals surface area contributed by atoms with Crippen LogP contribution in [0.3, 0.4) is 0 Å². The average molecular weight is 634 g/mol. The number of nitrogens with one attached hydrogen (secondary N) is 2. The van der Waals surface area contributed by atoms with Crippen LogP contribution in [-0.2, 0) is 39.9 Å². The molecule has 2 rings (SSSR count). The number of thioether (sulfide) groups is 1. The summed E-state index contributed by atoms with van der Waals surface area (Å²) < 4.78 is 38.2. The number of halogens is 2. The Bertz CT molecular complexity index is 1190. The lowest BCUT2D eigenvalue weighted by atomic mass is 10.00. The molecule has 0 bridgehead atoms. The van der Waals surface area contributed by atoms with Gasteiger partial charge in [-0.25, -0.2) is 14.3 Å². The van der Waals surface area contributed by atoms with Crippen molar-refractivity contribution in [3.05, 3.63) is 33.1 Å². The number of carbonyl (C=O) groups excluding carboxylic acids is 2. The largest absolute Gasteiger partial charge is 0.462 e. The van der Waals surface area contributed by atoms with Gasteiger partial charge in [0.15, 0.2) is 11.3 Å². The number of H-pyrrole nitrogens is 1. The Balaban J connectivity index is 2.16. The van der Waals surface area contributed by atoms with Crippen molar-refractivity contribution in [2.24, 2.45) is 5.41 Å². The highest BCUT2D eigenvalue weighted by atomic mass is 35.5. The standard InChI is InChI=1S/C22H34ClFN3O9PS2/c1-12(2)35-17(30)13(3)26-37(38,33-9-10-39-19(31)21(4,5)6)34-11-14-16(29)22(23,24)18(36-14)27-8-7-15(28)25-20(27)32/h7-8,12-14,16,18,29H,9-11H2,1-6H3,(H,26,38)(H,25,28,32). The van der Waals surface area contributed by atoms with Crippen LogP contribution >= 0.6 is 30.0 Å². The van der Waals surface area contributed by atoms with Crippen molar-refractivity contribution in [3.8, 4) is 0 Å². The molecular weight excluding hydrogens is 600 g/mol. The summed E-state index contributed by atoms with van der Waals surface area (Å²) in [6.07, 6.45) is -4.61. The number of aliphatic hydroxyl groups is 1. The maximum atomic E-state index is 15.3. The van der Waals surface area contributed by atoms with Gasteiger partial charge in [-0.1, -0.05) is 44.1 Å². The van der Waals surface area contributed by atoms with Gasteiger partial charge in [-0.05, 0) is 32.6 Å². The van der Waals surface area contributed by atoms with Crippen molar-refractivity contribution in [2.75, 3.05) is 19.0 Å². The fourth-order valence-electron chi connectivity index (χ4n) is 3.13. The molecule has 1 fully saturated rings. The monoisotopic (exact) mass is 633 g/mol. The zero-order chi connectivity index (χ0) is 29.8. The average Bonchev–Trinajstić information content (AvgIpc) is 3.03. The van der Waals surface area contributed by atoms with Gasteiger partial charge in [0.05, 0.1) is 19.3 Å². The van der Waals surface area contributed by atoms with Crippen LogP contribution < -0.4 is 16.3 Å². The Morgan fingerprint density at radius 3 is 2.56 bits per heavy atom. The zero-order valence-corrected chi connectivity index (χ0v) is 25.6. The number of aromatic nitrogens is 2. The highest BCUT2D eigenvalue weighted by molar-refractivity contribution is 8.13. The van der Waals surface area contributed by atoms with Crippen molar-refractivity contribution < 1.29 is 37.6 Å². The zero-order valence-electron chi connectivity index (χ0n) is 22.3. The van der Waals surface area contributed by atoms with Crippen LogP contribution in [0.15, 0.2) is 21.9 Å². The molecule has 1 aromatic heterocycles. The minimum Gasteiger partial charge on any atom is -0.462 e. The van der Waals surface area contributed by atoms with Crippen LogP contribution in [0.25, 0.3) is 0 Å². The normalized spacial score (nSPS) is 25.8. The third-order valence-electron chi connectivity index (χ3n) is 5.14. The van der Waals surface area contributed by atoms with E-state index in [1.165, 1.54) is 6.92 Å². The SMILES string of the molecule is CC(C)OC(=O)C(C)NP(=S)(OCCSC(=O)C(C)(C)C)OCC1OC(n2ccc(=O)[nH]c2=O)C(F)(Cl)C1O. The first kappa shape index (κ1) is 34.0. The van der Waals surface area contributed by atoms with Gasteiger partial charge in [-0.3, -0.25) is 23.9 Å². The van der Waals surface area contributed by atoms with Gasteiger partial charge in [0.25, 0.3) is 17.3 Å². The van der Waals surface area contributed by atoms with E-state index in [-0.39, 0.29) is 17.5 Å². The Kier molecular flexibility index (Phi) is 11.9. The molecule has 6 atom stereocenters. The van der Waals surface area contributed by atoms with Crippen molar-refractivity contribution in [1.29, 1.82) is 0 Å². The minimum atomic E-state index is -3.52. The molecule has 1 aliphatic heterocycles. The number of rotatable bonds is 12. The molecule has 1 aromatic rings. The second kappa shape index (κ2) is 13.7. The number of ether oxygens (including phenoxy) is 2. The predicted molar refractivity (Wildman–Crippen MR) is 148 cm³/mol. The highest BCUT2D eigenvalue weighted by Gasteiger charge is 2.58. The molecule has 222 valence electrons. The fourth-order valence-corrected chi connectivity index (χ4v) is 6.70. The van der Waals surface area contributed by atoms with Crippen LogP contribution in [0.4, 0.5) is 4.39 Å². The van der Waals surface area contributed by atoms with E-state index in [1.54, 1.807) is 34.6 Å². The lowest BCUT2D eigenvalue weighted by molar-refractivity contribution is -0.149. The van der Waals surface area contributed by atoms with Gasteiger partial charge < -0.3 is 23.6 Å². The summed E-state index contributed by atoms with van der Waals surface area (Å²) in [7, 11) is 0. The Hall–Kier alpha value is -1.16. The number of aromatic amines is 1.